The molecule has 0 aliphatic carbocycles. The van der Waals surface area contributed by atoms with Crippen LogP contribution >= 0.6 is 0 Å². The van der Waals surface area contributed by atoms with E-state index in [0.29, 0.717) is 11.1 Å². The lowest BCUT2D eigenvalue weighted by atomic mass is 9.99. The molecule has 1 amide bonds. The van der Waals surface area contributed by atoms with Gasteiger partial charge in [0.05, 0.1) is 0 Å². The van der Waals surface area contributed by atoms with Crippen LogP contribution in [0.4, 0.5) is 0 Å². The van der Waals surface area contributed by atoms with Gasteiger partial charge in [0, 0.05) is 17.0 Å². The third-order valence-corrected chi connectivity index (χ3v) is 3.11. The van der Waals surface area contributed by atoms with Gasteiger partial charge in [-0.05, 0) is 12.1 Å². The van der Waals surface area contributed by atoms with Crippen LogP contribution in [0.1, 0.15) is 29.8 Å². The number of nitrogens with one attached hydrogen (secondary N) is 1. The Morgan fingerprint density at radius 3 is 1.86 bits per heavy atom. The first-order valence-electron chi connectivity index (χ1n) is 7.12. The van der Waals surface area contributed by atoms with Gasteiger partial charge in [-0.1, -0.05) is 62.4 Å². The largest absolute Gasteiger partial charge is 0.292 e. The minimum Gasteiger partial charge on any atom is -0.292 e. The van der Waals surface area contributed by atoms with Crippen molar-refractivity contribution < 1.29 is 9.59 Å². The lowest BCUT2D eigenvalue weighted by Crippen LogP contribution is -2.26. The SMILES string of the molecule is CC(C)C(=O)/C(=N\NC(=O)c1ccccc1)c1ccccc1. The number of ketones is 1. The van der Waals surface area contributed by atoms with E-state index in [1.807, 2.05) is 24.3 Å². The number of benzene rings is 2. The molecular formula is C18H18N2O2. The lowest BCUT2D eigenvalue weighted by Gasteiger charge is -2.09. The average molecular weight is 294 g/mol. The molecule has 112 valence electrons. The number of carbonyl (C=O) groups is 2. The van der Waals surface area contributed by atoms with Crippen molar-refractivity contribution in [1.29, 1.82) is 0 Å². The van der Waals surface area contributed by atoms with Gasteiger partial charge >= 0.3 is 0 Å². The Hall–Kier alpha value is -2.75. The molecule has 0 unspecified atom stereocenters. The molecule has 0 aliphatic heterocycles. The van der Waals surface area contributed by atoms with Gasteiger partial charge in [-0.15, -0.1) is 0 Å². The topological polar surface area (TPSA) is 58.5 Å². The van der Waals surface area contributed by atoms with Gasteiger partial charge < -0.3 is 0 Å². The lowest BCUT2D eigenvalue weighted by molar-refractivity contribution is -0.115. The quantitative estimate of drug-likeness (QED) is 0.680. The summed E-state index contributed by atoms with van der Waals surface area (Å²) in [5, 5.41) is 4.06. The maximum Gasteiger partial charge on any atom is 0.271 e. The molecule has 4 heteroatoms. The molecule has 0 saturated carbocycles. The first-order chi connectivity index (χ1) is 10.6. The van der Waals surface area contributed by atoms with E-state index in [-0.39, 0.29) is 23.3 Å². The highest BCUT2D eigenvalue weighted by molar-refractivity contribution is 6.46. The van der Waals surface area contributed by atoms with Crippen molar-refractivity contribution in [2.45, 2.75) is 13.8 Å². The highest BCUT2D eigenvalue weighted by Crippen LogP contribution is 2.07. The highest BCUT2D eigenvalue weighted by atomic mass is 16.2. The Kier molecular flexibility index (Phi) is 5.20. The summed E-state index contributed by atoms with van der Waals surface area (Å²) < 4.78 is 0. The van der Waals surface area contributed by atoms with Crippen molar-refractivity contribution in [3.05, 3.63) is 71.8 Å². The zero-order valence-corrected chi connectivity index (χ0v) is 12.6. The molecule has 0 spiro atoms. The number of carbonyl (C=O) groups excluding carboxylic acids is 2. The fraction of sp³-hybridized carbons (Fsp3) is 0.167. The molecule has 0 saturated heterocycles. The number of hydrogen-bond acceptors (Lipinski definition) is 3. The monoisotopic (exact) mass is 294 g/mol. The second kappa shape index (κ2) is 7.31. The van der Waals surface area contributed by atoms with Crippen LogP contribution in [0, 0.1) is 5.92 Å². The summed E-state index contributed by atoms with van der Waals surface area (Å²) in [5.41, 5.74) is 3.91. The van der Waals surface area contributed by atoms with E-state index in [1.165, 1.54) is 0 Å². The molecule has 0 heterocycles. The van der Waals surface area contributed by atoms with E-state index in [9.17, 15) is 9.59 Å². The molecule has 4 nitrogen and oxygen atoms in total. The molecule has 1 N–H and O–H groups in total. The Balaban J connectivity index is 2.26. The van der Waals surface area contributed by atoms with Gasteiger partial charge in [-0.2, -0.15) is 5.10 Å². The summed E-state index contributed by atoms with van der Waals surface area (Å²) in [6.45, 7) is 3.61. The minimum absolute atomic E-state index is 0.112. The maximum atomic E-state index is 12.3. The van der Waals surface area contributed by atoms with Crippen LogP contribution in [0.15, 0.2) is 65.8 Å². The molecule has 0 aromatic heterocycles. The summed E-state index contributed by atoms with van der Waals surface area (Å²) >= 11 is 0. The van der Waals surface area contributed by atoms with Crippen LogP contribution < -0.4 is 5.43 Å². The van der Waals surface area contributed by atoms with Gasteiger partial charge in [-0.25, -0.2) is 5.43 Å². The van der Waals surface area contributed by atoms with Gasteiger partial charge in [-0.3, -0.25) is 9.59 Å². The molecule has 0 bridgehead atoms. The summed E-state index contributed by atoms with van der Waals surface area (Å²) in [6, 6.07) is 17.9. The minimum atomic E-state index is -0.342. The van der Waals surface area contributed by atoms with Gasteiger partial charge in [0.1, 0.15) is 5.71 Å². The first kappa shape index (κ1) is 15.6. The standard InChI is InChI=1S/C18H18N2O2/c1-13(2)17(21)16(14-9-5-3-6-10-14)19-20-18(22)15-11-7-4-8-12-15/h3-13H,1-2H3,(H,20,22)/b19-16-. The third kappa shape index (κ3) is 3.88. The van der Waals surface area contributed by atoms with E-state index < -0.39 is 0 Å². The predicted octanol–water partition coefficient (Wildman–Crippen LogP) is 3.05. The zero-order chi connectivity index (χ0) is 15.9. The molecule has 0 fully saturated rings. The van der Waals surface area contributed by atoms with Crippen molar-refractivity contribution >= 4 is 17.4 Å². The van der Waals surface area contributed by atoms with E-state index in [4.69, 9.17) is 0 Å². The number of hydrazone groups is 1. The summed E-state index contributed by atoms with van der Waals surface area (Å²) in [7, 11) is 0. The van der Waals surface area contributed by atoms with Crippen LogP contribution in [0.25, 0.3) is 0 Å². The van der Waals surface area contributed by atoms with Gasteiger partial charge in [0.15, 0.2) is 5.78 Å². The number of nitrogens with zero attached hydrogens (tertiary/aromatic N) is 1. The second-order valence-corrected chi connectivity index (χ2v) is 5.15. The number of Topliss-reactive ketones (excluding diaryl/α,β-unsaturated/α-hetero) is 1. The van der Waals surface area contributed by atoms with Crippen molar-refractivity contribution in [3.63, 3.8) is 0 Å². The Bertz CT molecular complexity index is 677. The Morgan fingerprint density at radius 1 is 0.864 bits per heavy atom. The Morgan fingerprint density at radius 2 is 1.36 bits per heavy atom. The number of amides is 1. The number of rotatable bonds is 5. The van der Waals surface area contributed by atoms with Crippen LogP contribution in [0.3, 0.4) is 0 Å². The highest BCUT2D eigenvalue weighted by Gasteiger charge is 2.18. The fourth-order valence-corrected chi connectivity index (χ4v) is 1.89. The molecular weight excluding hydrogens is 276 g/mol. The fourth-order valence-electron chi connectivity index (χ4n) is 1.89. The van der Waals surface area contributed by atoms with Gasteiger partial charge in [0.2, 0.25) is 0 Å². The maximum absolute atomic E-state index is 12.3. The average Bonchev–Trinajstić information content (AvgIpc) is 2.56. The van der Waals surface area contributed by atoms with Crippen LogP contribution in [0.5, 0.6) is 0 Å². The molecule has 22 heavy (non-hydrogen) atoms. The van der Waals surface area contributed by atoms with Crippen LogP contribution in [-0.4, -0.2) is 17.4 Å². The molecule has 2 rings (SSSR count). The van der Waals surface area contributed by atoms with E-state index in [2.05, 4.69) is 10.5 Å². The van der Waals surface area contributed by atoms with E-state index in [0.717, 1.165) is 0 Å². The second-order valence-electron chi connectivity index (χ2n) is 5.15. The Labute approximate surface area is 129 Å². The van der Waals surface area contributed by atoms with E-state index in [1.54, 1.807) is 50.2 Å². The normalized spacial score (nSPS) is 11.3. The third-order valence-electron chi connectivity index (χ3n) is 3.11. The summed E-state index contributed by atoms with van der Waals surface area (Å²) in [6.07, 6.45) is 0. The van der Waals surface area contributed by atoms with Crippen LogP contribution in [0.2, 0.25) is 0 Å². The first-order valence-corrected chi connectivity index (χ1v) is 7.12. The van der Waals surface area contributed by atoms with Crippen molar-refractivity contribution in [1.82, 2.24) is 5.43 Å². The zero-order valence-electron chi connectivity index (χ0n) is 12.6. The molecule has 2 aromatic carbocycles. The van der Waals surface area contributed by atoms with E-state index >= 15 is 0 Å². The van der Waals surface area contributed by atoms with Gasteiger partial charge in [0.25, 0.3) is 5.91 Å². The van der Waals surface area contributed by atoms with Crippen molar-refractivity contribution in [3.8, 4) is 0 Å². The molecule has 0 atom stereocenters. The molecule has 0 aliphatic rings. The van der Waals surface area contributed by atoms with Crippen molar-refractivity contribution in [2.75, 3.05) is 0 Å². The molecule has 0 radical (unpaired) electrons. The summed E-state index contributed by atoms with van der Waals surface area (Å²) in [4.78, 5) is 24.4. The summed E-state index contributed by atoms with van der Waals surface area (Å²) in [5.74, 6) is -0.655. The number of hydrogen-bond donors (Lipinski definition) is 1. The molecule has 2 aromatic rings. The van der Waals surface area contributed by atoms with Crippen molar-refractivity contribution in [2.24, 2.45) is 11.0 Å². The van der Waals surface area contributed by atoms with Crippen LogP contribution in [-0.2, 0) is 4.79 Å². The smallest absolute Gasteiger partial charge is 0.271 e. The predicted molar refractivity (Wildman–Crippen MR) is 86.7 cm³/mol.